The van der Waals surface area contributed by atoms with Crippen molar-refractivity contribution in [3.05, 3.63) is 36.5 Å². The van der Waals surface area contributed by atoms with Crippen LogP contribution in [0.15, 0.2) is 41.4 Å². The molecule has 0 spiro atoms. The van der Waals surface area contributed by atoms with E-state index in [4.69, 9.17) is 0 Å². The van der Waals surface area contributed by atoms with E-state index < -0.39 is 9.84 Å². The number of benzene rings is 1. The van der Waals surface area contributed by atoms with E-state index in [0.717, 1.165) is 37.1 Å². The van der Waals surface area contributed by atoms with Crippen LogP contribution in [0.3, 0.4) is 0 Å². The van der Waals surface area contributed by atoms with Gasteiger partial charge in [0.05, 0.1) is 4.90 Å². The Morgan fingerprint density at radius 3 is 2.75 bits per heavy atom. The zero-order chi connectivity index (χ0) is 19.7. The standard InChI is InChI=1S/C18H20N6O3S/c1-28(26,27)15-4-2-3-14(17(15)18-20-22-23-21-18)13-5-6-16(19-9-13)24-8-7-12(10-24)11-25/h2-6,9,12,25H,7-8,10-11H2,1H3,(H,20,21,22,23). The number of aromatic nitrogens is 5. The Bertz CT molecular complexity index is 1070. The van der Waals surface area contributed by atoms with E-state index in [0.29, 0.717) is 11.1 Å². The van der Waals surface area contributed by atoms with Crippen LogP contribution in [0.5, 0.6) is 0 Å². The summed E-state index contributed by atoms with van der Waals surface area (Å²) in [6.45, 7) is 1.82. The molecule has 2 aromatic heterocycles. The van der Waals surface area contributed by atoms with Crippen molar-refractivity contribution in [1.29, 1.82) is 0 Å². The summed E-state index contributed by atoms with van der Waals surface area (Å²) in [5.74, 6) is 1.39. The van der Waals surface area contributed by atoms with Crippen molar-refractivity contribution >= 4 is 15.7 Å². The van der Waals surface area contributed by atoms with E-state index >= 15 is 0 Å². The molecule has 0 saturated carbocycles. The van der Waals surface area contributed by atoms with Gasteiger partial charge in [-0.25, -0.2) is 18.5 Å². The molecule has 28 heavy (non-hydrogen) atoms. The van der Waals surface area contributed by atoms with Gasteiger partial charge in [0.2, 0.25) is 0 Å². The number of pyridine rings is 1. The number of aliphatic hydroxyl groups is 1. The average Bonchev–Trinajstić information content (AvgIpc) is 3.39. The van der Waals surface area contributed by atoms with E-state index in [-0.39, 0.29) is 23.2 Å². The number of anilines is 1. The number of aromatic amines is 1. The second kappa shape index (κ2) is 7.28. The first-order chi connectivity index (χ1) is 13.5. The summed E-state index contributed by atoms with van der Waals surface area (Å²) >= 11 is 0. The Hall–Kier alpha value is -2.85. The van der Waals surface area contributed by atoms with E-state index in [2.05, 4.69) is 30.5 Å². The Labute approximate surface area is 162 Å². The summed E-state index contributed by atoms with van der Waals surface area (Å²) in [6.07, 6.45) is 3.82. The monoisotopic (exact) mass is 400 g/mol. The molecule has 9 nitrogen and oxygen atoms in total. The van der Waals surface area contributed by atoms with Crippen molar-refractivity contribution in [3.8, 4) is 22.5 Å². The third-order valence-electron chi connectivity index (χ3n) is 4.93. The molecule has 3 heterocycles. The van der Waals surface area contributed by atoms with Crippen LogP contribution >= 0.6 is 0 Å². The summed E-state index contributed by atoms with van der Waals surface area (Å²) in [7, 11) is -3.49. The Kier molecular flexibility index (Phi) is 4.82. The van der Waals surface area contributed by atoms with Crippen LogP contribution in [-0.4, -0.2) is 65.1 Å². The Balaban J connectivity index is 1.76. The fraction of sp³-hybridized carbons (Fsp3) is 0.333. The predicted molar refractivity (Wildman–Crippen MR) is 103 cm³/mol. The van der Waals surface area contributed by atoms with Crippen LogP contribution in [0.2, 0.25) is 0 Å². The lowest BCUT2D eigenvalue weighted by Gasteiger charge is -2.18. The molecule has 1 aliphatic heterocycles. The summed E-state index contributed by atoms with van der Waals surface area (Å²) < 4.78 is 24.6. The third kappa shape index (κ3) is 3.48. The third-order valence-corrected chi connectivity index (χ3v) is 6.07. The fourth-order valence-electron chi connectivity index (χ4n) is 3.51. The number of nitrogens with zero attached hydrogens (tertiary/aromatic N) is 5. The molecule has 1 saturated heterocycles. The minimum absolute atomic E-state index is 0.151. The van der Waals surface area contributed by atoms with Gasteiger partial charge in [-0.2, -0.15) is 0 Å². The fourth-order valence-corrected chi connectivity index (χ4v) is 4.42. The Morgan fingerprint density at radius 2 is 2.14 bits per heavy atom. The molecule has 0 radical (unpaired) electrons. The molecule has 1 unspecified atom stereocenters. The molecule has 10 heteroatoms. The number of aliphatic hydroxyl groups excluding tert-OH is 1. The SMILES string of the molecule is CS(=O)(=O)c1cccc(-c2ccc(N3CCC(CO)C3)nc2)c1-c1nnn[nH]1. The minimum atomic E-state index is -3.49. The van der Waals surface area contributed by atoms with Crippen molar-refractivity contribution in [1.82, 2.24) is 25.6 Å². The molecule has 4 rings (SSSR count). The molecule has 2 N–H and O–H groups in total. The zero-order valence-electron chi connectivity index (χ0n) is 15.3. The second-order valence-electron chi connectivity index (χ2n) is 6.89. The number of nitrogens with one attached hydrogen (secondary N) is 1. The highest BCUT2D eigenvalue weighted by molar-refractivity contribution is 7.90. The van der Waals surface area contributed by atoms with Crippen LogP contribution in [0.25, 0.3) is 22.5 Å². The van der Waals surface area contributed by atoms with Crippen LogP contribution in [0.4, 0.5) is 5.82 Å². The van der Waals surface area contributed by atoms with Crippen LogP contribution in [-0.2, 0) is 9.84 Å². The van der Waals surface area contributed by atoms with Gasteiger partial charge in [0.15, 0.2) is 15.7 Å². The van der Waals surface area contributed by atoms with Crippen molar-refractivity contribution < 1.29 is 13.5 Å². The highest BCUT2D eigenvalue weighted by atomic mass is 32.2. The molecule has 0 amide bonds. The quantitative estimate of drug-likeness (QED) is 0.653. The number of sulfone groups is 1. The average molecular weight is 400 g/mol. The van der Waals surface area contributed by atoms with E-state index in [1.54, 1.807) is 12.3 Å². The van der Waals surface area contributed by atoms with Gasteiger partial charge in [-0.15, -0.1) is 5.10 Å². The highest BCUT2D eigenvalue weighted by Crippen LogP contribution is 2.35. The highest BCUT2D eigenvalue weighted by Gasteiger charge is 2.24. The Morgan fingerprint density at radius 1 is 1.29 bits per heavy atom. The van der Waals surface area contributed by atoms with Gasteiger partial charge in [-0.1, -0.05) is 12.1 Å². The van der Waals surface area contributed by atoms with Gasteiger partial charge in [0, 0.05) is 49.2 Å². The summed E-state index contributed by atoms with van der Waals surface area (Å²) in [5, 5.41) is 23.0. The normalized spacial score (nSPS) is 17.2. The molecule has 1 aromatic carbocycles. The van der Waals surface area contributed by atoms with Gasteiger partial charge in [0.1, 0.15) is 5.82 Å². The molecular formula is C18H20N6O3S. The van der Waals surface area contributed by atoms with Gasteiger partial charge in [-0.05, 0) is 40.6 Å². The van der Waals surface area contributed by atoms with Crippen LogP contribution < -0.4 is 4.90 Å². The number of hydrogen-bond acceptors (Lipinski definition) is 8. The van der Waals surface area contributed by atoms with Crippen molar-refractivity contribution in [2.24, 2.45) is 5.92 Å². The van der Waals surface area contributed by atoms with Crippen molar-refractivity contribution in [3.63, 3.8) is 0 Å². The van der Waals surface area contributed by atoms with E-state index in [9.17, 15) is 13.5 Å². The second-order valence-corrected chi connectivity index (χ2v) is 8.87. The van der Waals surface area contributed by atoms with Gasteiger partial charge in [-0.3, -0.25) is 0 Å². The maximum Gasteiger partial charge on any atom is 0.181 e. The molecule has 3 aromatic rings. The first-order valence-corrected chi connectivity index (χ1v) is 10.8. The lowest BCUT2D eigenvalue weighted by atomic mass is 10.0. The molecule has 1 aliphatic rings. The minimum Gasteiger partial charge on any atom is -0.396 e. The number of rotatable bonds is 5. The van der Waals surface area contributed by atoms with E-state index in [1.165, 1.54) is 6.07 Å². The summed E-state index contributed by atoms with van der Waals surface area (Å²) in [6, 6.07) is 8.87. The van der Waals surface area contributed by atoms with Gasteiger partial charge >= 0.3 is 0 Å². The van der Waals surface area contributed by atoms with Gasteiger partial charge in [0.25, 0.3) is 0 Å². The number of H-pyrrole nitrogens is 1. The van der Waals surface area contributed by atoms with Crippen LogP contribution in [0, 0.1) is 5.92 Å². The number of tetrazole rings is 1. The maximum atomic E-state index is 12.3. The summed E-state index contributed by atoms with van der Waals surface area (Å²) in [4.78, 5) is 6.84. The molecule has 1 fully saturated rings. The molecule has 0 bridgehead atoms. The number of hydrogen-bond donors (Lipinski definition) is 2. The zero-order valence-corrected chi connectivity index (χ0v) is 16.1. The first kappa shape index (κ1) is 18.5. The van der Waals surface area contributed by atoms with Crippen molar-refractivity contribution in [2.75, 3.05) is 30.9 Å². The van der Waals surface area contributed by atoms with E-state index in [1.807, 2.05) is 18.2 Å². The lowest BCUT2D eigenvalue weighted by molar-refractivity contribution is 0.238. The first-order valence-electron chi connectivity index (χ1n) is 8.87. The predicted octanol–water partition coefficient (Wildman–Crippen LogP) is 1.15. The molecular weight excluding hydrogens is 380 g/mol. The molecule has 1 atom stereocenters. The van der Waals surface area contributed by atoms with Crippen LogP contribution in [0.1, 0.15) is 6.42 Å². The largest absolute Gasteiger partial charge is 0.396 e. The smallest absolute Gasteiger partial charge is 0.181 e. The van der Waals surface area contributed by atoms with Gasteiger partial charge < -0.3 is 10.0 Å². The molecule has 0 aliphatic carbocycles. The maximum absolute atomic E-state index is 12.3. The molecule has 146 valence electrons. The lowest BCUT2D eigenvalue weighted by Crippen LogP contribution is -2.21. The summed E-state index contributed by atoms with van der Waals surface area (Å²) in [5.41, 5.74) is 1.86. The topological polar surface area (TPSA) is 125 Å². The van der Waals surface area contributed by atoms with Crippen molar-refractivity contribution in [2.45, 2.75) is 11.3 Å².